The van der Waals surface area contributed by atoms with Crippen LogP contribution in [0.5, 0.6) is 0 Å². The third kappa shape index (κ3) is 4.86. The second kappa shape index (κ2) is 8.13. The van der Waals surface area contributed by atoms with Crippen molar-refractivity contribution in [2.75, 3.05) is 13.1 Å². The largest absolute Gasteiger partial charge is 0.481 e. The minimum atomic E-state index is -4.37. The Morgan fingerprint density at radius 3 is 2.50 bits per heavy atom. The molecule has 1 aliphatic rings. The molecule has 28 heavy (non-hydrogen) atoms. The lowest BCUT2D eigenvalue weighted by Crippen LogP contribution is -2.49. The number of hydrogen-bond donors (Lipinski definition) is 1. The Hall–Kier alpha value is -2.05. The summed E-state index contributed by atoms with van der Waals surface area (Å²) in [6, 6.07) is 11.5. The highest BCUT2D eigenvalue weighted by Gasteiger charge is 2.40. The van der Waals surface area contributed by atoms with Crippen molar-refractivity contribution in [2.24, 2.45) is 5.92 Å². The standard InChI is InChI=1S/C21H21ClF3NO2/c1-13-7-16(5-6-19(13)22)18(21(23,24)25)9-14-3-2-4-15(8-14)10-26-11-17(12-26)20(27)28/h2-8,17-18H,9-12H2,1H3,(H,27,28)/t18-/m0/s1. The summed E-state index contributed by atoms with van der Waals surface area (Å²) < 4.78 is 41.2. The highest BCUT2D eigenvalue weighted by atomic mass is 35.5. The molecule has 0 saturated carbocycles. The second-order valence-corrected chi connectivity index (χ2v) is 7.76. The first kappa shape index (κ1) is 20.7. The first-order chi connectivity index (χ1) is 13.1. The van der Waals surface area contributed by atoms with Crippen LogP contribution in [-0.4, -0.2) is 35.2 Å². The molecular formula is C21H21ClF3NO2. The molecule has 1 aliphatic heterocycles. The molecular weight excluding hydrogens is 391 g/mol. The molecule has 2 aromatic rings. The summed E-state index contributed by atoms with van der Waals surface area (Å²) in [5, 5.41) is 9.39. The summed E-state index contributed by atoms with van der Waals surface area (Å²) in [5.41, 5.74) is 2.30. The molecule has 1 atom stereocenters. The number of likely N-dealkylation sites (tertiary alicyclic amines) is 1. The van der Waals surface area contributed by atoms with Crippen LogP contribution in [0.1, 0.15) is 28.2 Å². The molecule has 3 nitrogen and oxygen atoms in total. The van der Waals surface area contributed by atoms with Crippen molar-refractivity contribution in [3.8, 4) is 0 Å². The van der Waals surface area contributed by atoms with Gasteiger partial charge in [0, 0.05) is 24.7 Å². The van der Waals surface area contributed by atoms with E-state index in [9.17, 15) is 18.0 Å². The summed E-state index contributed by atoms with van der Waals surface area (Å²) in [5.74, 6) is -2.78. The normalized spacial score (nSPS) is 16.6. The molecule has 0 amide bonds. The van der Waals surface area contributed by atoms with E-state index < -0.39 is 18.1 Å². The Kier molecular flexibility index (Phi) is 6.01. The lowest BCUT2D eigenvalue weighted by molar-refractivity contribution is -0.150. The SMILES string of the molecule is Cc1cc([C@H](Cc2cccc(CN3CC(C(=O)O)C3)c2)C(F)(F)F)ccc1Cl. The van der Waals surface area contributed by atoms with Crippen LogP contribution in [0, 0.1) is 12.8 Å². The van der Waals surface area contributed by atoms with E-state index >= 15 is 0 Å². The molecule has 2 aromatic carbocycles. The highest BCUT2D eigenvalue weighted by molar-refractivity contribution is 6.31. The van der Waals surface area contributed by atoms with E-state index in [1.807, 2.05) is 11.0 Å². The van der Waals surface area contributed by atoms with Gasteiger partial charge in [-0.1, -0.05) is 48.0 Å². The van der Waals surface area contributed by atoms with Crippen molar-refractivity contribution in [2.45, 2.75) is 32.0 Å². The van der Waals surface area contributed by atoms with E-state index in [-0.39, 0.29) is 17.9 Å². The summed E-state index contributed by atoms with van der Waals surface area (Å²) in [7, 11) is 0. The van der Waals surface area contributed by atoms with Crippen LogP contribution >= 0.6 is 11.6 Å². The third-order valence-corrected chi connectivity index (χ3v) is 5.55. The van der Waals surface area contributed by atoms with Crippen LogP contribution in [-0.2, 0) is 17.8 Å². The van der Waals surface area contributed by atoms with E-state index in [2.05, 4.69) is 0 Å². The molecule has 3 rings (SSSR count). The van der Waals surface area contributed by atoms with Gasteiger partial charge >= 0.3 is 12.1 Å². The number of aryl methyl sites for hydroxylation is 1. The van der Waals surface area contributed by atoms with E-state index in [0.29, 0.717) is 35.8 Å². The smallest absolute Gasteiger partial charge is 0.396 e. The van der Waals surface area contributed by atoms with Crippen LogP contribution in [0.2, 0.25) is 5.02 Å². The second-order valence-electron chi connectivity index (χ2n) is 7.36. The number of aliphatic carboxylic acids is 1. The van der Waals surface area contributed by atoms with Gasteiger partial charge in [0.1, 0.15) is 0 Å². The Labute approximate surface area is 166 Å². The van der Waals surface area contributed by atoms with E-state index in [1.54, 1.807) is 25.1 Å². The Morgan fingerprint density at radius 1 is 1.21 bits per heavy atom. The fraction of sp³-hybridized carbons (Fsp3) is 0.381. The number of carboxylic acids is 1. The Balaban J connectivity index is 1.74. The number of rotatable bonds is 6. The molecule has 1 heterocycles. The van der Waals surface area contributed by atoms with Gasteiger partial charge in [0.2, 0.25) is 0 Å². The number of halogens is 4. The number of benzene rings is 2. The lowest BCUT2D eigenvalue weighted by atomic mass is 9.90. The van der Waals surface area contributed by atoms with Crippen LogP contribution in [0.3, 0.4) is 0 Å². The average molecular weight is 412 g/mol. The Morgan fingerprint density at radius 2 is 1.89 bits per heavy atom. The van der Waals surface area contributed by atoms with Crippen LogP contribution in [0.15, 0.2) is 42.5 Å². The zero-order chi connectivity index (χ0) is 20.5. The first-order valence-electron chi connectivity index (χ1n) is 8.99. The summed E-state index contributed by atoms with van der Waals surface area (Å²) in [6.07, 6.45) is -4.53. The van der Waals surface area contributed by atoms with Crippen molar-refractivity contribution in [1.29, 1.82) is 0 Å². The molecule has 0 radical (unpaired) electrons. The van der Waals surface area contributed by atoms with Crippen LogP contribution < -0.4 is 0 Å². The number of carboxylic acid groups (broad SMARTS) is 1. The predicted molar refractivity (Wildman–Crippen MR) is 102 cm³/mol. The van der Waals surface area contributed by atoms with Crippen LogP contribution in [0.4, 0.5) is 13.2 Å². The van der Waals surface area contributed by atoms with Gasteiger partial charge in [-0.3, -0.25) is 9.69 Å². The zero-order valence-electron chi connectivity index (χ0n) is 15.3. The molecule has 0 spiro atoms. The fourth-order valence-electron chi connectivity index (χ4n) is 3.51. The molecule has 1 saturated heterocycles. The van der Waals surface area contributed by atoms with Crippen LogP contribution in [0.25, 0.3) is 0 Å². The van der Waals surface area contributed by atoms with Crippen molar-refractivity contribution in [3.63, 3.8) is 0 Å². The van der Waals surface area contributed by atoms with Gasteiger partial charge in [-0.2, -0.15) is 13.2 Å². The fourth-order valence-corrected chi connectivity index (χ4v) is 3.63. The molecule has 0 aromatic heterocycles. The molecule has 150 valence electrons. The maximum Gasteiger partial charge on any atom is 0.396 e. The van der Waals surface area contributed by atoms with E-state index in [4.69, 9.17) is 16.7 Å². The molecule has 7 heteroatoms. The van der Waals surface area contributed by atoms with Gasteiger partial charge in [-0.25, -0.2) is 0 Å². The molecule has 0 aliphatic carbocycles. The zero-order valence-corrected chi connectivity index (χ0v) is 16.1. The average Bonchev–Trinajstić information content (AvgIpc) is 2.57. The van der Waals surface area contributed by atoms with Crippen molar-refractivity contribution in [3.05, 3.63) is 69.7 Å². The predicted octanol–water partition coefficient (Wildman–Crippen LogP) is 5.05. The molecule has 1 fully saturated rings. The van der Waals surface area contributed by atoms with Gasteiger partial charge in [0.05, 0.1) is 11.8 Å². The highest BCUT2D eigenvalue weighted by Crippen LogP contribution is 2.38. The van der Waals surface area contributed by atoms with E-state index in [1.165, 1.54) is 18.2 Å². The summed E-state index contributed by atoms with van der Waals surface area (Å²) in [6.45, 7) is 3.16. The van der Waals surface area contributed by atoms with Gasteiger partial charge in [-0.15, -0.1) is 0 Å². The summed E-state index contributed by atoms with van der Waals surface area (Å²) >= 11 is 5.96. The minimum Gasteiger partial charge on any atom is -0.481 e. The topological polar surface area (TPSA) is 40.5 Å². The number of hydrogen-bond acceptors (Lipinski definition) is 2. The monoisotopic (exact) mass is 411 g/mol. The van der Waals surface area contributed by atoms with Gasteiger partial charge < -0.3 is 5.11 Å². The van der Waals surface area contributed by atoms with Crippen molar-refractivity contribution >= 4 is 17.6 Å². The van der Waals surface area contributed by atoms with Gasteiger partial charge in [0.15, 0.2) is 0 Å². The van der Waals surface area contributed by atoms with Crippen molar-refractivity contribution in [1.82, 2.24) is 4.90 Å². The van der Waals surface area contributed by atoms with E-state index in [0.717, 1.165) is 5.56 Å². The number of carbonyl (C=O) groups is 1. The lowest BCUT2D eigenvalue weighted by Gasteiger charge is -2.36. The first-order valence-corrected chi connectivity index (χ1v) is 9.37. The molecule has 1 N–H and O–H groups in total. The number of alkyl halides is 3. The minimum absolute atomic E-state index is 0.157. The number of nitrogens with zero attached hydrogens (tertiary/aromatic N) is 1. The van der Waals surface area contributed by atoms with Gasteiger partial charge in [-0.05, 0) is 41.7 Å². The third-order valence-electron chi connectivity index (χ3n) is 5.12. The van der Waals surface area contributed by atoms with Crippen molar-refractivity contribution < 1.29 is 23.1 Å². The summed E-state index contributed by atoms with van der Waals surface area (Å²) in [4.78, 5) is 12.9. The maximum atomic E-state index is 13.7. The molecule has 0 bridgehead atoms. The van der Waals surface area contributed by atoms with Gasteiger partial charge in [0.25, 0.3) is 0 Å². The molecule has 0 unspecified atom stereocenters. The Bertz CT molecular complexity index is 863. The quantitative estimate of drug-likeness (QED) is 0.722. The maximum absolute atomic E-state index is 13.7.